The predicted octanol–water partition coefficient (Wildman–Crippen LogP) is 2.04. The second-order valence-electron chi connectivity index (χ2n) is 3.86. The maximum absolute atomic E-state index is 3.45. The van der Waals surface area contributed by atoms with E-state index in [1.54, 1.807) is 0 Å². The Morgan fingerprint density at radius 3 is 2.00 bits per heavy atom. The van der Waals surface area contributed by atoms with Gasteiger partial charge in [-0.2, -0.15) is 0 Å². The molecule has 0 aromatic rings. The van der Waals surface area contributed by atoms with Gasteiger partial charge in [0.2, 0.25) is 0 Å². The van der Waals surface area contributed by atoms with Crippen molar-refractivity contribution in [2.45, 2.75) is 19.3 Å². The van der Waals surface area contributed by atoms with Gasteiger partial charge in [-0.15, -0.1) is 0 Å². The molecule has 0 bridgehead atoms. The van der Waals surface area contributed by atoms with Crippen molar-refractivity contribution < 1.29 is 0 Å². The maximum atomic E-state index is 3.45. The van der Waals surface area contributed by atoms with Crippen LogP contribution in [0, 0.1) is 0 Å². The minimum atomic E-state index is 1.14. The standard InChI is InChI=1S/C10H23BrN2/c1-12(2)8-6-10-13(3)9-5-4-7-11/h4-10H2,1-3H3. The van der Waals surface area contributed by atoms with E-state index >= 15 is 0 Å². The van der Waals surface area contributed by atoms with Crippen LogP contribution in [0.2, 0.25) is 0 Å². The fraction of sp³-hybridized carbons (Fsp3) is 1.00. The van der Waals surface area contributed by atoms with Gasteiger partial charge in [0.15, 0.2) is 0 Å². The summed E-state index contributed by atoms with van der Waals surface area (Å²) in [6.07, 6.45) is 3.87. The third kappa shape index (κ3) is 10.3. The van der Waals surface area contributed by atoms with Gasteiger partial charge in [0.1, 0.15) is 0 Å². The number of nitrogens with zero attached hydrogens (tertiary/aromatic N) is 2. The number of alkyl halides is 1. The molecule has 0 saturated heterocycles. The normalized spacial score (nSPS) is 11.5. The zero-order chi connectivity index (χ0) is 10.1. The number of hydrogen-bond donors (Lipinski definition) is 0. The first-order valence-electron chi connectivity index (χ1n) is 5.06. The molecule has 0 fully saturated rings. The number of halogens is 1. The van der Waals surface area contributed by atoms with Crippen LogP contribution in [-0.2, 0) is 0 Å². The summed E-state index contributed by atoms with van der Waals surface area (Å²) in [6, 6.07) is 0. The lowest BCUT2D eigenvalue weighted by atomic mass is 10.3. The number of unbranched alkanes of at least 4 members (excludes halogenated alkanes) is 1. The van der Waals surface area contributed by atoms with E-state index in [1.807, 2.05) is 0 Å². The zero-order valence-electron chi connectivity index (χ0n) is 9.22. The lowest BCUT2D eigenvalue weighted by molar-refractivity contribution is 0.297. The molecule has 13 heavy (non-hydrogen) atoms. The quantitative estimate of drug-likeness (QED) is 0.481. The molecule has 0 aliphatic heterocycles. The number of hydrogen-bond acceptors (Lipinski definition) is 2. The number of rotatable bonds is 8. The SMILES string of the molecule is CN(C)CCCN(C)CCCCBr. The molecule has 0 heterocycles. The van der Waals surface area contributed by atoms with E-state index in [4.69, 9.17) is 0 Å². The Morgan fingerprint density at radius 1 is 0.846 bits per heavy atom. The highest BCUT2D eigenvalue weighted by atomic mass is 79.9. The van der Waals surface area contributed by atoms with Crippen LogP contribution in [0.1, 0.15) is 19.3 Å². The predicted molar refractivity (Wildman–Crippen MR) is 63.7 cm³/mol. The van der Waals surface area contributed by atoms with Crippen LogP contribution in [-0.4, -0.2) is 55.9 Å². The molecule has 0 aliphatic rings. The van der Waals surface area contributed by atoms with Gasteiger partial charge in [0.05, 0.1) is 0 Å². The van der Waals surface area contributed by atoms with Gasteiger partial charge in [-0.25, -0.2) is 0 Å². The van der Waals surface area contributed by atoms with E-state index in [0.29, 0.717) is 0 Å². The highest BCUT2D eigenvalue weighted by molar-refractivity contribution is 9.09. The molecule has 0 N–H and O–H groups in total. The van der Waals surface area contributed by atoms with Crippen molar-refractivity contribution in [1.29, 1.82) is 0 Å². The highest BCUT2D eigenvalue weighted by Crippen LogP contribution is 1.97. The van der Waals surface area contributed by atoms with E-state index in [-0.39, 0.29) is 0 Å². The van der Waals surface area contributed by atoms with Crippen molar-refractivity contribution in [2.24, 2.45) is 0 Å². The molecule has 80 valence electrons. The molecular formula is C10H23BrN2. The molecule has 3 heteroatoms. The summed E-state index contributed by atoms with van der Waals surface area (Å²) in [5, 5.41) is 1.14. The van der Waals surface area contributed by atoms with E-state index in [2.05, 4.69) is 46.9 Å². The second-order valence-corrected chi connectivity index (χ2v) is 4.65. The smallest absolute Gasteiger partial charge is 0.00317 e. The van der Waals surface area contributed by atoms with Crippen LogP contribution in [0.25, 0.3) is 0 Å². The molecule has 0 atom stereocenters. The van der Waals surface area contributed by atoms with Gasteiger partial charge in [-0.3, -0.25) is 0 Å². The highest BCUT2D eigenvalue weighted by Gasteiger charge is 1.97. The average Bonchev–Trinajstić information content (AvgIpc) is 2.04. The Labute approximate surface area is 91.4 Å². The van der Waals surface area contributed by atoms with Gasteiger partial charge >= 0.3 is 0 Å². The van der Waals surface area contributed by atoms with Crippen LogP contribution in [0.3, 0.4) is 0 Å². The van der Waals surface area contributed by atoms with Crippen molar-refractivity contribution in [3.8, 4) is 0 Å². The molecule has 0 amide bonds. The Morgan fingerprint density at radius 2 is 1.46 bits per heavy atom. The summed E-state index contributed by atoms with van der Waals surface area (Å²) in [5.41, 5.74) is 0. The van der Waals surface area contributed by atoms with Gasteiger partial charge < -0.3 is 9.80 Å². The first-order valence-corrected chi connectivity index (χ1v) is 6.18. The minimum Gasteiger partial charge on any atom is -0.309 e. The lowest BCUT2D eigenvalue weighted by Gasteiger charge is -2.17. The molecule has 0 spiro atoms. The van der Waals surface area contributed by atoms with Crippen LogP contribution in [0.5, 0.6) is 0 Å². The van der Waals surface area contributed by atoms with Gasteiger partial charge in [0.25, 0.3) is 0 Å². The first kappa shape index (κ1) is 13.4. The molecule has 0 aliphatic carbocycles. The molecule has 0 unspecified atom stereocenters. The third-order valence-corrected chi connectivity index (χ3v) is 2.63. The largest absolute Gasteiger partial charge is 0.309 e. The Balaban J connectivity index is 3.15. The summed E-state index contributed by atoms with van der Waals surface area (Å²) in [6.45, 7) is 3.66. The fourth-order valence-electron chi connectivity index (χ4n) is 1.24. The Bertz CT molecular complexity index is 107. The van der Waals surface area contributed by atoms with Gasteiger partial charge in [0, 0.05) is 5.33 Å². The first-order chi connectivity index (χ1) is 6.16. The molecule has 0 aromatic heterocycles. The van der Waals surface area contributed by atoms with E-state index in [0.717, 1.165) is 5.33 Å². The van der Waals surface area contributed by atoms with E-state index in [1.165, 1.54) is 38.9 Å². The monoisotopic (exact) mass is 250 g/mol. The van der Waals surface area contributed by atoms with Crippen molar-refractivity contribution in [2.75, 3.05) is 46.1 Å². The van der Waals surface area contributed by atoms with Gasteiger partial charge in [-0.1, -0.05) is 15.9 Å². The lowest BCUT2D eigenvalue weighted by Crippen LogP contribution is -2.24. The summed E-state index contributed by atoms with van der Waals surface area (Å²) in [7, 11) is 6.47. The van der Waals surface area contributed by atoms with Crippen LogP contribution in [0.15, 0.2) is 0 Å². The Hall–Kier alpha value is 0.400. The summed E-state index contributed by atoms with van der Waals surface area (Å²) >= 11 is 3.45. The minimum absolute atomic E-state index is 1.14. The zero-order valence-corrected chi connectivity index (χ0v) is 10.8. The van der Waals surface area contributed by atoms with Crippen molar-refractivity contribution in [3.05, 3.63) is 0 Å². The molecule has 0 rings (SSSR count). The Kier molecular flexibility index (Phi) is 9.25. The van der Waals surface area contributed by atoms with Crippen LogP contribution >= 0.6 is 15.9 Å². The maximum Gasteiger partial charge on any atom is 0.00317 e. The van der Waals surface area contributed by atoms with Crippen molar-refractivity contribution >= 4 is 15.9 Å². The van der Waals surface area contributed by atoms with E-state index < -0.39 is 0 Å². The second kappa shape index (κ2) is 8.97. The van der Waals surface area contributed by atoms with Crippen molar-refractivity contribution in [3.63, 3.8) is 0 Å². The summed E-state index contributed by atoms with van der Waals surface area (Å²) in [5.74, 6) is 0. The van der Waals surface area contributed by atoms with Crippen LogP contribution < -0.4 is 0 Å². The molecule has 0 radical (unpaired) electrons. The van der Waals surface area contributed by atoms with E-state index in [9.17, 15) is 0 Å². The molecule has 0 aromatic carbocycles. The topological polar surface area (TPSA) is 6.48 Å². The van der Waals surface area contributed by atoms with Crippen LogP contribution in [0.4, 0.5) is 0 Å². The third-order valence-electron chi connectivity index (χ3n) is 2.07. The molecule has 0 saturated carbocycles. The molecular weight excluding hydrogens is 228 g/mol. The van der Waals surface area contributed by atoms with Crippen molar-refractivity contribution in [1.82, 2.24) is 9.80 Å². The fourth-order valence-corrected chi connectivity index (χ4v) is 1.64. The summed E-state index contributed by atoms with van der Waals surface area (Å²) in [4.78, 5) is 4.67. The summed E-state index contributed by atoms with van der Waals surface area (Å²) < 4.78 is 0. The molecule has 2 nitrogen and oxygen atoms in total. The average molecular weight is 251 g/mol. The van der Waals surface area contributed by atoms with Gasteiger partial charge in [-0.05, 0) is 60.0 Å².